The van der Waals surface area contributed by atoms with Crippen molar-refractivity contribution < 1.29 is 41.4 Å². The van der Waals surface area contributed by atoms with Crippen molar-refractivity contribution in [2.45, 2.75) is 71.8 Å². The first kappa shape index (κ1) is 39.5. The van der Waals surface area contributed by atoms with Gasteiger partial charge in [0.15, 0.2) is 5.82 Å². The van der Waals surface area contributed by atoms with Gasteiger partial charge in [0, 0.05) is 92.7 Å². The molecule has 0 atom stereocenters. The summed E-state index contributed by atoms with van der Waals surface area (Å²) in [6.07, 6.45) is 3.57. The first-order chi connectivity index (χ1) is 24.0. The molecular formula is C36H48F4N6O5. The van der Waals surface area contributed by atoms with E-state index in [1.165, 1.54) is 29.7 Å². The standard InChI is InChI=1S/C18H25F2N3O3.C18H23F2N3O2/c1-12(24)23(3)14-4-5-15(21-11-13-6-8-26-9-7-13)16(10-14)22-17(25)18(2,19)20;1-12(24)22(3)14-4-5-16-15(10-14)21-17(18(2,19)20)23(16)11-13-6-8-25-9-7-13/h4-5,10,13,21H,6-9,11H2,1-3H3,(H,22,25);4-5,10,13H,6-9,11H2,1-3H3. The molecule has 0 saturated carbocycles. The molecule has 0 bridgehead atoms. The molecule has 2 aromatic carbocycles. The maximum Gasteiger partial charge on any atom is 0.322 e. The van der Waals surface area contributed by atoms with Gasteiger partial charge in [-0.1, -0.05) is 0 Å². The number of amides is 3. The van der Waals surface area contributed by atoms with Crippen molar-refractivity contribution in [1.29, 1.82) is 0 Å². The number of imidazole rings is 1. The lowest BCUT2D eigenvalue weighted by molar-refractivity contribution is -0.137. The van der Waals surface area contributed by atoms with Gasteiger partial charge in [0.1, 0.15) is 0 Å². The highest BCUT2D eigenvalue weighted by Gasteiger charge is 2.34. The molecule has 1 aromatic heterocycles. The van der Waals surface area contributed by atoms with Crippen LogP contribution in [-0.4, -0.2) is 80.3 Å². The molecule has 5 rings (SSSR count). The zero-order chi connectivity index (χ0) is 37.5. The van der Waals surface area contributed by atoms with Crippen LogP contribution in [0.3, 0.4) is 0 Å². The lowest BCUT2D eigenvalue weighted by atomic mass is 10.00. The molecule has 280 valence electrons. The molecule has 2 N–H and O–H groups in total. The van der Waals surface area contributed by atoms with Gasteiger partial charge in [-0.25, -0.2) is 4.98 Å². The van der Waals surface area contributed by atoms with Gasteiger partial charge in [-0.15, -0.1) is 0 Å². The molecule has 11 nitrogen and oxygen atoms in total. The van der Waals surface area contributed by atoms with Crippen LogP contribution in [0.25, 0.3) is 11.0 Å². The molecule has 2 saturated heterocycles. The van der Waals surface area contributed by atoms with Gasteiger partial charge < -0.3 is 34.5 Å². The number of hydrogen-bond acceptors (Lipinski definition) is 7. The van der Waals surface area contributed by atoms with Crippen molar-refractivity contribution in [3.8, 4) is 0 Å². The minimum Gasteiger partial charge on any atom is -0.383 e. The maximum atomic E-state index is 14.1. The number of fused-ring (bicyclic) bond motifs is 1. The summed E-state index contributed by atoms with van der Waals surface area (Å²) < 4.78 is 67.1. The molecule has 3 heterocycles. The number of carbonyl (C=O) groups is 3. The number of carbonyl (C=O) groups excluding carboxylic acids is 3. The van der Waals surface area contributed by atoms with E-state index in [1.807, 2.05) is 0 Å². The van der Waals surface area contributed by atoms with E-state index in [0.29, 0.717) is 86.4 Å². The molecule has 2 aliphatic rings. The molecule has 0 aliphatic carbocycles. The third-order valence-corrected chi connectivity index (χ3v) is 9.20. The van der Waals surface area contributed by atoms with Crippen molar-refractivity contribution in [3.05, 3.63) is 42.2 Å². The van der Waals surface area contributed by atoms with E-state index in [9.17, 15) is 31.9 Å². The summed E-state index contributed by atoms with van der Waals surface area (Å²) in [5.74, 6) is -7.76. The second-order valence-electron chi connectivity index (χ2n) is 13.3. The first-order valence-corrected chi connectivity index (χ1v) is 17.1. The van der Waals surface area contributed by atoms with Crippen LogP contribution in [0, 0.1) is 11.8 Å². The zero-order valence-electron chi connectivity index (χ0n) is 30.0. The third kappa shape index (κ3) is 10.6. The highest BCUT2D eigenvalue weighted by Crippen LogP contribution is 2.33. The quantitative estimate of drug-likeness (QED) is 0.225. The van der Waals surface area contributed by atoms with Gasteiger partial charge in [0.05, 0.1) is 22.4 Å². The topological polar surface area (TPSA) is 118 Å². The van der Waals surface area contributed by atoms with Crippen LogP contribution in [0.4, 0.5) is 40.3 Å². The van der Waals surface area contributed by atoms with Crippen LogP contribution in [0.1, 0.15) is 59.2 Å². The predicted molar refractivity (Wildman–Crippen MR) is 189 cm³/mol. The van der Waals surface area contributed by atoms with E-state index in [-0.39, 0.29) is 23.3 Å². The first-order valence-electron chi connectivity index (χ1n) is 17.1. The van der Waals surface area contributed by atoms with Crippen molar-refractivity contribution >= 4 is 51.5 Å². The molecule has 3 amide bonds. The largest absolute Gasteiger partial charge is 0.383 e. The number of hydrogen-bond donors (Lipinski definition) is 2. The molecule has 51 heavy (non-hydrogen) atoms. The minimum atomic E-state index is -3.50. The van der Waals surface area contributed by atoms with Gasteiger partial charge in [-0.05, 0) is 73.9 Å². The third-order valence-electron chi connectivity index (χ3n) is 9.20. The Balaban J connectivity index is 0.000000229. The molecule has 2 aliphatic heterocycles. The number of anilines is 4. The number of rotatable bonds is 10. The summed E-state index contributed by atoms with van der Waals surface area (Å²) in [5, 5.41) is 5.47. The summed E-state index contributed by atoms with van der Waals surface area (Å²) in [5.41, 5.74) is 3.05. The van der Waals surface area contributed by atoms with E-state index >= 15 is 0 Å². The van der Waals surface area contributed by atoms with Crippen LogP contribution in [0.2, 0.25) is 0 Å². The lowest BCUT2D eigenvalue weighted by Gasteiger charge is -2.24. The summed E-state index contributed by atoms with van der Waals surface area (Å²) in [6, 6.07) is 10.1. The molecule has 3 aromatic rings. The summed E-state index contributed by atoms with van der Waals surface area (Å²) >= 11 is 0. The number of nitrogens with one attached hydrogen (secondary N) is 2. The second kappa shape index (κ2) is 16.9. The minimum absolute atomic E-state index is 0.123. The van der Waals surface area contributed by atoms with Crippen LogP contribution in [0.5, 0.6) is 0 Å². The molecular weight excluding hydrogens is 672 g/mol. The summed E-state index contributed by atoms with van der Waals surface area (Å²) in [4.78, 5) is 41.9. The number of alkyl halides is 4. The fraction of sp³-hybridized carbons (Fsp3) is 0.556. The summed E-state index contributed by atoms with van der Waals surface area (Å²) in [6.45, 7) is 8.18. The number of nitrogens with zero attached hydrogens (tertiary/aromatic N) is 4. The Kier molecular flexibility index (Phi) is 13.1. The molecule has 2 fully saturated rings. The average Bonchev–Trinajstić information content (AvgIpc) is 3.45. The normalized spacial score (nSPS) is 15.9. The Hall–Kier alpha value is -4.24. The van der Waals surface area contributed by atoms with Crippen molar-refractivity contribution in [3.63, 3.8) is 0 Å². The lowest BCUT2D eigenvalue weighted by Crippen LogP contribution is -2.32. The van der Waals surface area contributed by atoms with E-state index in [1.54, 1.807) is 49.0 Å². The Morgan fingerprint density at radius 3 is 1.88 bits per heavy atom. The molecule has 0 unspecified atom stereocenters. The van der Waals surface area contributed by atoms with Gasteiger partial charge in [0.2, 0.25) is 11.8 Å². The van der Waals surface area contributed by atoms with E-state index in [0.717, 1.165) is 32.6 Å². The van der Waals surface area contributed by atoms with Crippen LogP contribution in [0.15, 0.2) is 36.4 Å². The monoisotopic (exact) mass is 720 g/mol. The van der Waals surface area contributed by atoms with Gasteiger partial charge in [-0.2, -0.15) is 17.6 Å². The van der Waals surface area contributed by atoms with Crippen molar-refractivity contribution in [2.24, 2.45) is 11.8 Å². The number of halogens is 4. The molecule has 0 radical (unpaired) electrons. The number of benzene rings is 2. The smallest absolute Gasteiger partial charge is 0.322 e. The number of aromatic nitrogens is 2. The highest BCUT2D eigenvalue weighted by molar-refractivity contribution is 6.00. The van der Waals surface area contributed by atoms with Gasteiger partial charge >= 0.3 is 11.8 Å². The number of ether oxygens (including phenoxy) is 2. The Morgan fingerprint density at radius 1 is 0.824 bits per heavy atom. The average molecular weight is 721 g/mol. The Morgan fingerprint density at radius 2 is 1.35 bits per heavy atom. The molecule has 15 heteroatoms. The van der Waals surface area contributed by atoms with E-state index in [2.05, 4.69) is 15.6 Å². The van der Waals surface area contributed by atoms with Crippen molar-refractivity contribution in [2.75, 3.05) is 67.5 Å². The van der Waals surface area contributed by atoms with Crippen LogP contribution >= 0.6 is 0 Å². The maximum absolute atomic E-state index is 14.1. The van der Waals surface area contributed by atoms with Crippen molar-refractivity contribution in [1.82, 2.24) is 9.55 Å². The summed E-state index contributed by atoms with van der Waals surface area (Å²) in [7, 11) is 3.23. The van der Waals surface area contributed by atoms with Crippen LogP contribution < -0.4 is 20.4 Å². The fourth-order valence-electron chi connectivity index (χ4n) is 5.83. The Labute approximate surface area is 295 Å². The van der Waals surface area contributed by atoms with Crippen LogP contribution in [-0.2, 0) is 36.3 Å². The SMILES string of the molecule is CC(=O)N(C)c1ccc(NCC2CCOCC2)c(NC(=O)C(C)(F)F)c1.CC(=O)N(C)c1ccc2c(c1)nc(C(C)(F)F)n2CC1CCOCC1. The predicted octanol–water partition coefficient (Wildman–Crippen LogP) is 6.66. The second-order valence-corrected chi connectivity index (χ2v) is 13.3. The van der Waals surface area contributed by atoms with E-state index in [4.69, 9.17) is 9.47 Å². The fourth-order valence-corrected chi connectivity index (χ4v) is 5.83. The zero-order valence-corrected chi connectivity index (χ0v) is 30.0. The van der Waals surface area contributed by atoms with Gasteiger partial charge in [0.25, 0.3) is 5.91 Å². The van der Waals surface area contributed by atoms with Gasteiger partial charge in [-0.3, -0.25) is 14.4 Å². The highest BCUT2D eigenvalue weighted by atomic mass is 19.3. The van der Waals surface area contributed by atoms with E-state index < -0.39 is 17.8 Å². The molecule has 0 spiro atoms. The Bertz CT molecular complexity index is 1680.